The van der Waals surface area contributed by atoms with Gasteiger partial charge in [0.2, 0.25) is 0 Å². The summed E-state index contributed by atoms with van der Waals surface area (Å²) in [5.41, 5.74) is 2.59. The Hall–Kier alpha value is -2.89. The van der Waals surface area contributed by atoms with Crippen molar-refractivity contribution in [3.63, 3.8) is 0 Å². The smallest absolute Gasteiger partial charge is 0.193 e. The second-order valence-corrected chi connectivity index (χ2v) is 8.04. The number of aliphatic imine (C=N–C) groups is 1. The van der Waals surface area contributed by atoms with Crippen LogP contribution in [0.25, 0.3) is 0 Å². The summed E-state index contributed by atoms with van der Waals surface area (Å²) in [6, 6.07) is 19.1. The number of hydrogen-bond donors (Lipinski definition) is 1. The van der Waals surface area contributed by atoms with Crippen molar-refractivity contribution < 1.29 is 4.74 Å². The summed E-state index contributed by atoms with van der Waals surface area (Å²) >= 11 is 0. The SMILES string of the molecule is CN=C(NCC1CCN(c2ccccc2)C1)N1CCN(c2ccc(OC)cc2)CC1. The zero-order chi connectivity index (χ0) is 20.8. The number of para-hydroxylation sites is 1. The van der Waals surface area contributed by atoms with Gasteiger partial charge in [0.15, 0.2) is 5.96 Å². The molecule has 2 saturated heterocycles. The van der Waals surface area contributed by atoms with Gasteiger partial charge in [-0.3, -0.25) is 4.99 Å². The monoisotopic (exact) mass is 407 g/mol. The summed E-state index contributed by atoms with van der Waals surface area (Å²) in [5, 5.41) is 3.64. The number of nitrogens with zero attached hydrogens (tertiary/aromatic N) is 4. The largest absolute Gasteiger partial charge is 0.497 e. The summed E-state index contributed by atoms with van der Waals surface area (Å²) in [4.78, 5) is 11.8. The Morgan fingerprint density at radius 3 is 2.30 bits per heavy atom. The fourth-order valence-electron chi connectivity index (χ4n) is 4.41. The Bertz CT molecular complexity index is 815. The highest BCUT2D eigenvalue weighted by Gasteiger charge is 2.24. The maximum absolute atomic E-state index is 5.27. The Morgan fingerprint density at radius 1 is 0.933 bits per heavy atom. The van der Waals surface area contributed by atoms with Crippen molar-refractivity contribution in [2.24, 2.45) is 10.9 Å². The van der Waals surface area contributed by atoms with Crippen LogP contribution in [0.2, 0.25) is 0 Å². The van der Waals surface area contributed by atoms with Crippen LogP contribution < -0.4 is 19.9 Å². The predicted octanol–water partition coefficient (Wildman–Crippen LogP) is 2.92. The number of benzene rings is 2. The summed E-state index contributed by atoms with van der Waals surface area (Å²) in [5.74, 6) is 2.59. The number of methoxy groups -OCH3 is 1. The van der Waals surface area contributed by atoms with E-state index in [1.54, 1.807) is 7.11 Å². The van der Waals surface area contributed by atoms with Crippen molar-refractivity contribution in [2.45, 2.75) is 6.42 Å². The van der Waals surface area contributed by atoms with Gasteiger partial charge in [0.1, 0.15) is 5.75 Å². The number of anilines is 2. The lowest BCUT2D eigenvalue weighted by atomic mass is 10.1. The Balaban J connectivity index is 1.24. The van der Waals surface area contributed by atoms with Crippen molar-refractivity contribution >= 4 is 17.3 Å². The van der Waals surface area contributed by atoms with Crippen LogP contribution in [0.4, 0.5) is 11.4 Å². The maximum atomic E-state index is 5.27. The summed E-state index contributed by atoms with van der Waals surface area (Å²) < 4.78 is 5.27. The van der Waals surface area contributed by atoms with Gasteiger partial charge >= 0.3 is 0 Å². The molecule has 4 rings (SSSR count). The van der Waals surface area contributed by atoms with Crippen LogP contribution in [0, 0.1) is 5.92 Å². The third kappa shape index (κ3) is 4.81. The van der Waals surface area contributed by atoms with Gasteiger partial charge in [-0.05, 0) is 48.7 Å². The molecular weight excluding hydrogens is 374 g/mol. The molecule has 2 aliphatic rings. The first-order chi connectivity index (χ1) is 14.8. The molecule has 2 aromatic carbocycles. The molecule has 30 heavy (non-hydrogen) atoms. The number of hydrogen-bond acceptors (Lipinski definition) is 4. The van der Waals surface area contributed by atoms with Gasteiger partial charge in [-0.2, -0.15) is 0 Å². The van der Waals surface area contributed by atoms with Crippen molar-refractivity contribution in [3.05, 3.63) is 54.6 Å². The second-order valence-electron chi connectivity index (χ2n) is 8.04. The van der Waals surface area contributed by atoms with E-state index < -0.39 is 0 Å². The molecule has 0 amide bonds. The van der Waals surface area contributed by atoms with Crippen LogP contribution in [0.1, 0.15) is 6.42 Å². The van der Waals surface area contributed by atoms with Crippen LogP contribution >= 0.6 is 0 Å². The number of rotatable bonds is 5. The molecule has 1 unspecified atom stereocenters. The lowest BCUT2D eigenvalue weighted by Crippen LogP contribution is -2.53. The van der Waals surface area contributed by atoms with E-state index in [0.717, 1.165) is 57.5 Å². The zero-order valence-electron chi connectivity index (χ0n) is 18.1. The third-order valence-electron chi connectivity index (χ3n) is 6.18. The average molecular weight is 408 g/mol. The molecule has 2 aromatic rings. The Kier molecular flexibility index (Phi) is 6.62. The van der Waals surface area contributed by atoms with Gasteiger partial charge in [-0.1, -0.05) is 18.2 Å². The molecule has 0 aromatic heterocycles. The standard InChI is InChI=1S/C24H33N5O/c1-25-24(26-18-20-12-13-29(19-20)21-6-4-3-5-7-21)28-16-14-27(15-17-28)22-8-10-23(30-2)11-9-22/h3-11,20H,12-19H2,1-2H3,(H,25,26). The van der Waals surface area contributed by atoms with E-state index in [-0.39, 0.29) is 0 Å². The first-order valence-electron chi connectivity index (χ1n) is 10.9. The molecule has 0 aliphatic carbocycles. The maximum Gasteiger partial charge on any atom is 0.193 e. The van der Waals surface area contributed by atoms with Crippen molar-refractivity contribution in [2.75, 3.05) is 69.8 Å². The third-order valence-corrected chi connectivity index (χ3v) is 6.18. The highest BCUT2D eigenvalue weighted by atomic mass is 16.5. The van der Waals surface area contributed by atoms with Crippen LogP contribution in [0.15, 0.2) is 59.6 Å². The topological polar surface area (TPSA) is 43.3 Å². The van der Waals surface area contributed by atoms with Crippen molar-refractivity contribution in [3.8, 4) is 5.75 Å². The lowest BCUT2D eigenvalue weighted by Gasteiger charge is -2.38. The van der Waals surface area contributed by atoms with Crippen molar-refractivity contribution in [1.82, 2.24) is 10.2 Å². The highest BCUT2D eigenvalue weighted by Crippen LogP contribution is 2.23. The molecule has 2 heterocycles. The fourth-order valence-corrected chi connectivity index (χ4v) is 4.41. The van der Waals surface area contributed by atoms with Crippen LogP contribution in [-0.2, 0) is 0 Å². The number of guanidine groups is 1. The lowest BCUT2D eigenvalue weighted by molar-refractivity contribution is 0.369. The Labute approximate surface area is 180 Å². The van der Waals surface area contributed by atoms with E-state index >= 15 is 0 Å². The molecule has 0 saturated carbocycles. The van der Waals surface area contributed by atoms with E-state index in [9.17, 15) is 0 Å². The summed E-state index contributed by atoms with van der Waals surface area (Å²) in [6.45, 7) is 7.18. The van der Waals surface area contributed by atoms with Gasteiger partial charge in [0, 0.05) is 64.2 Å². The summed E-state index contributed by atoms with van der Waals surface area (Å²) in [6.07, 6.45) is 1.23. The minimum absolute atomic E-state index is 0.655. The molecule has 6 heteroatoms. The molecule has 1 N–H and O–H groups in total. The number of piperazine rings is 1. The van der Waals surface area contributed by atoms with Crippen LogP contribution in [0.3, 0.4) is 0 Å². The van der Waals surface area contributed by atoms with Gasteiger partial charge in [0.05, 0.1) is 7.11 Å². The number of nitrogens with one attached hydrogen (secondary N) is 1. The van der Waals surface area contributed by atoms with Crippen LogP contribution in [0.5, 0.6) is 5.75 Å². The normalized spacial score (nSPS) is 19.9. The van der Waals surface area contributed by atoms with E-state index in [2.05, 4.69) is 67.5 Å². The first kappa shape index (κ1) is 20.4. The first-order valence-corrected chi connectivity index (χ1v) is 10.9. The molecule has 0 radical (unpaired) electrons. The molecular formula is C24H33N5O. The highest BCUT2D eigenvalue weighted by molar-refractivity contribution is 5.80. The summed E-state index contributed by atoms with van der Waals surface area (Å²) in [7, 11) is 3.60. The molecule has 6 nitrogen and oxygen atoms in total. The number of ether oxygens (including phenoxy) is 1. The molecule has 1 atom stereocenters. The second kappa shape index (κ2) is 9.74. The quantitative estimate of drug-likeness (QED) is 0.610. The molecule has 2 aliphatic heterocycles. The minimum Gasteiger partial charge on any atom is -0.497 e. The van der Waals surface area contributed by atoms with Gasteiger partial charge in [0.25, 0.3) is 0 Å². The van der Waals surface area contributed by atoms with Gasteiger partial charge in [-0.25, -0.2) is 0 Å². The molecule has 160 valence electrons. The van der Waals surface area contributed by atoms with E-state index in [4.69, 9.17) is 4.74 Å². The molecule has 2 fully saturated rings. The average Bonchev–Trinajstić information content (AvgIpc) is 3.30. The van der Waals surface area contributed by atoms with Crippen LogP contribution in [-0.4, -0.2) is 70.8 Å². The molecule has 0 bridgehead atoms. The fraction of sp³-hybridized carbons (Fsp3) is 0.458. The minimum atomic E-state index is 0.655. The van der Waals surface area contributed by atoms with Gasteiger partial charge < -0.3 is 24.8 Å². The van der Waals surface area contributed by atoms with E-state index in [0.29, 0.717) is 5.92 Å². The Morgan fingerprint density at radius 2 is 1.63 bits per heavy atom. The predicted molar refractivity (Wildman–Crippen MR) is 125 cm³/mol. The van der Waals surface area contributed by atoms with Crippen molar-refractivity contribution in [1.29, 1.82) is 0 Å². The van der Waals surface area contributed by atoms with E-state index in [1.807, 2.05) is 19.2 Å². The van der Waals surface area contributed by atoms with E-state index in [1.165, 1.54) is 17.8 Å². The molecule has 0 spiro atoms. The zero-order valence-corrected chi connectivity index (χ0v) is 18.1. The van der Waals surface area contributed by atoms with Gasteiger partial charge in [-0.15, -0.1) is 0 Å².